The fourth-order valence-electron chi connectivity index (χ4n) is 2.38. The van der Waals surface area contributed by atoms with Crippen LogP contribution in [0.1, 0.15) is 22.8 Å². The smallest absolute Gasteiger partial charge is 0.233 e. The van der Waals surface area contributed by atoms with Crippen LogP contribution in [0.15, 0.2) is 54.6 Å². The lowest BCUT2D eigenvalue weighted by Crippen LogP contribution is -2.20. The van der Waals surface area contributed by atoms with Crippen molar-refractivity contribution in [1.29, 1.82) is 0 Å². The molecule has 0 bridgehead atoms. The van der Waals surface area contributed by atoms with Gasteiger partial charge in [-0.15, -0.1) is 0 Å². The SMILES string of the molecule is CCOc1ccc(NC2=CC(=O)C(=O)c3ccccc32)cc1. The molecule has 0 saturated heterocycles. The van der Waals surface area contributed by atoms with Crippen molar-refractivity contribution in [3.63, 3.8) is 0 Å². The maximum atomic E-state index is 11.9. The van der Waals surface area contributed by atoms with Gasteiger partial charge in [0.2, 0.25) is 11.6 Å². The first-order chi connectivity index (χ1) is 10.7. The molecule has 2 aromatic carbocycles. The van der Waals surface area contributed by atoms with Crippen LogP contribution in [0.2, 0.25) is 0 Å². The van der Waals surface area contributed by atoms with Crippen molar-refractivity contribution >= 4 is 23.0 Å². The minimum atomic E-state index is -0.507. The number of allylic oxidation sites excluding steroid dienone is 1. The van der Waals surface area contributed by atoms with Gasteiger partial charge in [-0.1, -0.05) is 24.3 Å². The highest BCUT2D eigenvalue weighted by Gasteiger charge is 2.25. The highest BCUT2D eigenvalue weighted by molar-refractivity contribution is 6.50. The fraction of sp³-hybridized carbons (Fsp3) is 0.111. The summed E-state index contributed by atoms with van der Waals surface area (Å²) in [6.45, 7) is 2.54. The molecule has 22 heavy (non-hydrogen) atoms. The lowest BCUT2D eigenvalue weighted by molar-refractivity contribution is -0.111. The summed E-state index contributed by atoms with van der Waals surface area (Å²) in [6.07, 6.45) is 1.35. The number of hydrogen-bond donors (Lipinski definition) is 1. The molecule has 4 heteroatoms. The zero-order chi connectivity index (χ0) is 15.5. The molecule has 0 fully saturated rings. The number of carbonyl (C=O) groups excluding carboxylic acids is 2. The van der Waals surface area contributed by atoms with Crippen molar-refractivity contribution in [2.45, 2.75) is 6.92 Å². The molecule has 0 aliphatic heterocycles. The van der Waals surface area contributed by atoms with Crippen LogP contribution in [0.3, 0.4) is 0 Å². The summed E-state index contributed by atoms with van der Waals surface area (Å²) < 4.78 is 5.40. The number of ether oxygens (including phenoxy) is 1. The molecule has 110 valence electrons. The third kappa shape index (κ3) is 2.63. The number of Topliss-reactive ketones (excluding diaryl/α,β-unsaturated/α-hetero) is 1. The minimum Gasteiger partial charge on any atom is -0.494 e. The first kappa shape index (κ1) is 14.1. The van der Waals surface area contributed by atoms with Gasteiger partial charge in [0.15, 0.2) is 0 Å². The van der Waals surface area contributed by atoms with Crippen molar-refractivity contribution in [3.8, 4) is 5.75 Å². The number of rotatable bonds is 4. The standard InChI is InChI=1S/C18H15NO3/c1-2-22-13-9-7-12(8-10-13)19-16-11-17(20)18(21)15-6-4-3-5-14(15)16/h3-11,19H,2H2,1H3. The topological polar surface area (TPSA) is 55.4 Å². The second kappa shape index (κ2) is 5.85. The number of benzene rings is 2. The van der Waals surface area contributed by atoms with Crippen LogP contribution >= 0.6 is 0 Å². The van der Waals surface area contributed by atoms with Gasteiger partial charge in [0.25, 0.3) is 0 Å². The van der Waals surface area contributed by atoms with Crippen LogP contribution in [-0.2, 0) is 4.79 Å². The number of anilines is 1. The Morgan fingerprint density at radius 3 is 2.32 bits per heavy atom. The van der Waals surface area contributed by atoms with Crippen LogP contribution in [-0.4, -0.2) is 18.2 Å². The summed E-state index contributed by atoms with van der Waals surface area (Å²) in [5.41, 5.74) is 2.63. The van der Waals surface area contributed by atoms with Crippen molar-refractivity contribution in [3.05, 3.63) is 65.7 Å². The molecule has 0 heterocycles. The summed E-state index contributed by atoms with van der Waals surface area (Å²) >= 11 is 0. The Labute approximate surface area is 128 Å². The van der Waals surface area contributed by atoms with Gasteiger partial charge in [-0.25, -0.2) is 0 Å². The van der Waals surface area contributed by atoms with Crippen LogP contribution in [0, 0.1) is 0 Å². The highest BCUT2D eigenvalue weighted by atomic mass is 16.5. The van der Waals surface area contributed by atoms with Crippen molar-refractivity contribution < 1.29 is 14.3 Å². The van der Waals surface area contributed by atoms with Gasteiger partial charge >= 0.3 is 0 Å². The van der Waals surface area contributed by atoms with Gasteiger partial charge < -0.3 is 10.1 Å². The first-order valence-corrected chi connectivity index (χ1v) is 7.08. The fourth-order valence-corrected chi connectivity index (χ4v) is 2.38. The molecular formula is C18H15NO3. The molecule has 1 aliphatic rings. The zero-order valence-corrected chi connectivity index (χ0v) is 12.1. The molecule has 0 amide bonds. The normalized spacial score (nSPS) is 13.4. The third-order valence-corrected chi connectivity index (χ3v) is 3.41. The molecule has 0 atom stereocenters. The average Bonchev–Trinajstić information content (AvgIpc) is 2.54. The maximum Gasteiger partial charge on any atom is 0.233 e. The van der Waals surface area contributed by atoms with Crippen molar-refractivity contribution in [1.82, 2.24) is 0 Å². The summed E-state index contributed by atoms with van der Waals surface area (Å²) in [7, 11) is 0. The minimum absolute atomic E-state index is 0.434. The van der Waals surface area contributed by atoms with Gasteiger partial charge in [0.1, 0.15) is 5.75 Å². The summed E-state index contributed by atoms with van der Waals surface area (Å²) in [5.74, 6) is -0.183. The van der Waals surface area contributed by atoms with Gasteiger partial charge in [-0.05, 0) is 31.2 Å². The van der Waals surface area contributed by atoms with E-state index in [0.29, 0.717) is 17.9 Å². The van der Waals surface area contributed by atoms with Crippen molar-refractivity contribution in [2.75, 3.05) is 11.9 Å². The Kier molecular flexibility index (Phi) is 3.74. The van der Waals surface area contributed by atoms with E-state index in [4.69, 9.17) is 4.74 Å². The summed E-state index contributed by atoms with van der Waals surface area (Å²) in [6, 6.07) is 14.5. The van der Waals surface area contributed by atoms with E-state index in [1.54, 1.807) is 12.1 Å². The molecule has 4 nitrogen and oxygen atoms in total. The molecule has 0 unspecified atom stereocenters. The Balaban J connectivity index is 1.90. The van der Waals surface area contributed by atoms with Gasteiger partial charge in [0.05, 0.1) is 12.3 Å². The Morgan fingerprint density at radius 1 is 0.955 bits per heavy atom. The number of hydrogen-bond acceptors (Lipinski definition) is 4. The maximum absolute atomic E-state index is 11.9. The van der Waals surface area contributed by atoms with E-state index in [0.717, 1.165) is 17.0 Å². The van der Waals surface area contributed by atoms with E-state index in [1.165, 1.54) is 6.08 Å². The third-order valence-electron chi connectivity index (χ3n) is 3.41. The van der Waals surface area contributed by atoms with Gasteiger partial charge in [-0.2, -0.15) is 0 Å². The predicted molar refractivity (Wildman–Crippen MR) is 85.0 cm³/mol. The Hall–Kier alpha value is -2.88. The van der Waals surface area contributed by atoms with Crippen molar-refractivity contribution in [2.24, 2.45) is 0 Å². The molecule has 3 rings (SSSR count). The molecule has 0 radical (unpaired) electrons. The van der Waals surface area contributed by atoms with E-state index in [1.807, 2.05) is 43.3 Å². The summed E-state index contributed by atoms with van der Waals surface area (Å²) in [4.78, 5) is 23.7. The number of fused-ring (bicyclic) bond motifs is 1. The monoisotopic (exact) mass is 293 g/mol. The largest absolute Gasteiger partial charge is 0.494 e. The quantitative estimate of drug-likeness (QED) is 0.879. The molecular weight excluding hydrogens is 278 g/mol. The average molecular weight is 293 g/mol. The van der Waals surface area contributed by atoms with Crippen LogP contribution < -0.4 is 10.1 Å². The second-order valence-corrected chi connectivity index (χ2v) is 4.88. The molecule has 0 spiro atoms. The second-order valence-electron chi connectivity index (χ2n) is 4.88. The van der Waals surface area contributed by atoms with E-state index in [2.05, 4.69) is 5.32 Å². The first-order valence-electron chi connectivity index (χ1n) is 7.08. The van der Waals surface area contributed by atoms with Crippen LogP contribution in [0.5, 0.6) is 5.75 Å². The molecule has 2 aromatic rings. The predicted octanol–water partition coefficient (Wildman–Crippen LogP) is 3.30. The molecule has 1 N–H and O–H groups in total. The lowest BCUT2D eigenvalue weighted by atomic mass is 9.92. The van der Waals surface area contributed by atoms with E-state index in [9.17, 15) is 9.59 Å². The van der Waals surface area contributed by atoms with Crippen LogP contribution in [0.25, 0.3) is 5.70 Å². The number of ketones is 2. The number of nitrogens with one attached hydrogen (secondary N) is 1. The van der Waals surface area contributed by atoms with Crippen LogP contribution in [0.4, 0.5) is 5.69 Å². The van der Waals surface area contributed by atoms with Gasteiger partial charge in [-0.3, -0.25) is 9.59 Å². The Bertz CT molecular complexity index is 760. The Morgan fingerprint density at radius 2 is 1.64 bits per heavy atom. The van der Waals surface area contributed by atoms with E-state index in [-0.39, 0.29) is 0 Å². The van der Waals surface area contributed by atoms with E-state index >= 15 is 0 Å². The molecule has 1 aliphatic carbocycles. The number of carbonyl (C=O) groups is 2. The highest BCUT2D eigenvalue weighted by Crippen LogP contribution is 2.27. The molecule has 0 saturated carbocycles. The summed E-state index contributed by atoms with van der Waals surface area (Å²) in [5, 5.41) is 3.19. The van der Waals surface area contributed by atoms with Gasteiger partial charge in [0, 0.05) is 22.9 Å². The van der Waals surface area contributed by atoms with E-state index < -0.39 is 11.6 Å². The zero-order valence-electron chi connectivity index (χ0n) is 12.1. The lowest BCUT2D eigenvalue weighted by Gasteiger charge is -2.18. The molecule has 0 aromatic heterocycles.